The van der Waals surface area contributed by atoms with Gasteiger partial charge in [-0.3, -0.25) is 0 Å². The van der Waals surface area contributed by atoms with Gasteiger partial charge in [-0.25, -0.2) is 0 Å². The van der Waals surface area contributed by atoms with Crippen molar-refractivity contribution in [3.8, 4) is 44.9 Å². The predicted molar refractivity (Wildman–Crippen MR) is 176 cm³/mol. The Morgan fingerprint density at radius 3 is 1.93 bits per heavy atom. The van der Waals surface area contributed by atoms with Gasteiger partial charge in [-0.15, -0.1) is 0 Å². The van der Waals surface area contributed by atoms with Gasteiger partial charge in [0.25, 0.3) is 0 Å². The van der Waals surface area contributed by atoms with Gasteiger partial charge in [0, 0.05) is 16.5 Å². The molecular formula is C41H30O. The number of hydrogen-bond acceptors (Lipinski definition) is 1. The molecule has 7 aromatic carbocycles. The molecule has 0 aromatic heterocycles. The van der Waals surface area contributed by atoms with Crippen LogP contribution in [0.5, 0.6) is 11.5 Å². The fourth-order valence-corrected chi connectivity index (χ4v) is 6.73. The maximum Gasteiger partial charge on any atom is 0.132 e. The van der Waals surface area contributed by atoms with Crippen molar-refractivity contribution in [3.63, 3.8) is 0 Å². The summed E-state index contributed by atoms with van der Waals surface area (Å²) in [5, 5.41) is 5.11. The van der Waals surface area contributed by atoms with E-state index in [0.29, 0.717) is 0 Å². The van der Waals surface area contributed by atoms with Gasteiger partial charge in [0.2, 0.25) is 0 Å². The molecule has 0 radical (unpaired) electrons. The summed E-state index contributed by atoms with van der Waals surface area (Å²) in [6, 6.07) is 52.5. The van der Waals surface area contributed by atoms with Gasteiger partial charge >= 0.3 is 0 Å². The van der Waals surface area contributed by atoms with Crippen LogP contribution in [0.15, 0.2) is 146 Å². The van der Waals surface area contributed by atoms with Crippen LogP contribution < -0.4 is 4.74 Å². The smallest absolute Gasteiger partial charge is 0.132 e. The van der Waals surface area contributed by atoms with Crippen LogP contribution in [0.3, 0.4) is 0 Å². The van der Waals surface area contributed by atoms with Crippen LogP contribution in [0.1, 0.15) is 25.0 Å². The number of hydrogen-bond donors (Lipinski definition) is 0. The fourth-order valence-electron chi connectivity index (χ4n) is 6.73. The molecule has 1 aliphatic heterocycles. The van der Waals surface area contributed by atoms with Crippen molar-refractivity contribution < 1.29 is 4.74 Å². The molecule has 1 aliphatic rings. The van der Waals surface area contributed by atoms with E-state index in [9.17, 15) is 0 Å². The molecule has 0 saturated heterocycles. The van der Waals surface area contributed by atoms with Gasteiger partial charge in [-0.05, 0) is 73.1 Å². The van der Waals surface area contributed by atoms with Crippen LogP contribution in [0, 0.1) is 0 Å². The Labute approximate surface area is 246 Å². The van der Waals surface area contributed by atoms with Gasteiger partial charge in [-0.2, -0.15) is 0 Å². The molecule has 0 spiro atoms. The van der Waals surface area contributed by atoms with E-state index in [1.165, 1.54) is 60.5 Å². The monoisotopic (exact) mass is 538 g/mol. The third kappa shape index (κ3) is 3.85. The summed E-state index contributed by atoms with van der Waals surface area (Å²) in [7, 11) is 0. The molecule has 0 bridgehead atoms. The quantitative estimate of drug-likeness (QED) is 0.203. The van der Waals surface area contributed by atoms with Crippen LogP contribution in [-0.4, -0.2) is 0 Å². The molecule has 7 aromatic rings. The van der Waals surface area contributed by atoms with Gasteiger partial charge in [0.1, 0.15) is 11.5 Å². The molecule has 0 saturated carbocycles. The minimum Gasteiger partial charge on any atom is -0.457 e. The second-order valence-electron chi connectivity index (χ2n) is 11.8. The lowest BCUT2D eigenvalue weighted by Crippen LogP contribution is -2.24. The minimum atomic E-state index is -0.110. The van der Waals surface area contributed by atoms with Crippen molar-refractivity contribution in [2.45, 2.75) is 19.3 Å². The second-order valence-corrected chi connectivity index (χ2v) is 11.8. The highest BCUT2D eigenvalue weighted by Crippen LogP contribution is 2.49. The first-order valence-corrected chi connectivity index (χ1v) is 14.6. The first-order valence-electron chi connectivity index (χ1n) is 14.6. The Morgan fingerprint density at radius 2 is 1.07 bits per heavy atom. The normalized spacial score (nSPS) is 13.4. The van der Waals surface area contributed by atoms with Crippen LogP contribution in [0.2, 0.25) is 0 Å². The lowest BCUT2D eigenvalue weighted by Gasteiger charge is -2.34. The van der Waals surface area contributed by atoms with E-state index in [2.05, 4.69) is 153 Å². The zero-order valence-electron chi connectivity index (χ0n) is 23.8. The fraction of sp³-hybridized carbons (Fsp3) is 0.0732. The van der Waals surface area contributed by atoms with Gasteiger partial charge < -0.3 is 4.74 Å². The Balaban J connectivity index is 1.24. The molecule has 0 N–H and O–H groups in total. The largest absolute Gasteiger partial charge is 0.457 e. The van der Waals surface area contributed by atoms with Crippen LogP contribution >= 0.6 is 0 Å². The highest BCUT2D eigenvalue weighted by molar-refractivity contribution is 6.18. The van der Waals surface area contributed by atoms with Crippen LogP contribution in [0.25, 0.3) is 54.9 Å². The summed E-state index contributed by atoms with van der Waals surface area (Å²) in [5.74, 6) is 1.88. The average molecular weight is 539 g/mol. The molecule has 0 aliphatic carbocycles. The molecule has 0 amide bonds. The lowest BCUT2D eigenvalue weighted by atomic mass is 9.75. The molecule has 1 heteroatoms. The van der Waals surface area contributed by atoms with Crippen molar-refractivity contribution in [2.24, 2.45) is 0 Å². The lowest BCUT2D eigenvalue weighted by molar-refractivity contribution is 0.418. The van der Waals surface area contributed by atoms with Gasteiger partial charge in [0.05, 0.1) is 0 Å². The van der Waals surface area contributed by atoms with E-state index < -0.39 is 0 Å². The molecule has 200 valence electrons. The number of fused-ring (bicyclic) bond motifs is 5. The van der Waals surface area contributed by atoms with E-state index in [-0.39, 0.29) is 5.41 Å². The first-order chi connectivity index (χ1) is 20.6. The van der Waals surface area contributed by atoms with Crippen LogP contribution in [-0.2, 0) is 5.41 Å². The summed E-state index contributed by atoms with van der Waals surface area (Å²) in [6.07, 6.45) is 0. The number of rotatable bonds is 3. The molecule has 1 nitrogen and oxygen atoms in total. The highest BCUT2D eigenvalue weighted by atomic mass is 16.5. The SMILES string of the molecule is CC1(C)c2ccccc2Oc2cc(-c3ccc(-c4cccc5c4c(-c4ccccc4)cc4ccccc45)cc3)ccc21. The number of ether oxygens (including phenoxy) is 1. The minimum absolute atomic E-state index is 0.110. The molecule has 8 rings (SSSR count). The average Bonchev–Trinajstić information content (AvgIpc) is 3.04. The Bertz CT molecular complexity index is 2120. The maximum absolute atomic E-state index is 6.41. The van der Waals surface area contributed by atoms with Crippen molar-refractivity contribution in [2.75, 3.05) is 0 Å². The molecule has 0 fully saturated rings. The molecule has 1 heterocycles. The summed E-state index contributed by atoms with van der Waals surface area (Å²) in [4.78, 5) is 0. The first kappa shape index (κ1) is 24.6. The maximum atomic E-state index is 6.41. The number of para-hydroxylation sites is 1. The molecular weight excluding hydrogens is 508 g/mol. The van der Waals surface area contributed by atoms with E-state index in [1.807, 2.05) is 6.07 Å². The third-order valence-electron chi connectivity index (χ3n) is 8.93. The van der Waals surface area contributed by atoms with E-state index >= 15 is 0 Å². The summed E-state index contributed by atoms with van der Waals surface area (Å²) >= 11 is 0. The van der Waals surface area contributed by atoms with Crippen molar-refractivity contribution in [3.05, 3.63) is 157 Å². The molecule has 0 atom stereocenters. The summed E-state index contributed by atoms with van der Waals surface area (Å²) in [6.45, 7) is 4.55. The van der Waals surface area contributed by atoms with Gasteiger partial charge in [0.15, 0.2) is 0 Å². The summed E-state index contributed by atoms with van der Waals surface area (Å²) < 4.78 is 6.41. The third-order valence-corrected chi connectivity index (χ3v) is 8.93. The Kier molecular flexibility index (Phi) is 5.55. The molecule has 42 heavy (non-hydrogen) atoms. The van der Waals surface area contributed by atoms with Crippen LogP contribution in [0.4, 0.5) is 0 Å². The van der Waals surface area contributed by atoms with E-state index in [1.54, 1.807) is 0 Å². The second kappa shape index (κ2) is 9.46. The van der Waals surface area contributed by atoms with Crippen molar-refractivity contribution in [1.29, 1.82) is 0 Å². The molecule has 0 unspecified atom stereocenters. The highest BCUT2D eigenvalue weighted by Gasteiger charge is 2.34. The Hall–Kier alpha value is -5.14. The van der Waals surface area contributed by atoms with Crippen molar-refractivity contribution in [1.82, 2.24) is 0 Å². The van der Waals surface area contributed by atoms with Gasteiger partial charge in [-0.1, -0.05) is 141 Å². The number of benzene rings is 7. The standard InChI is InChI=1S/C41H30O/c1-41(2)36-17-8-9-18-38(36)42-39-26-30(23-24-37(39)41)27-19-21-29(22-20-27)33-15-10-16-34-32-14-7-6-13-31(32)25-35(40(33)34)28-11-4-3-5-12-28/h3-26H,1-2H3. The van der Waals surface area contributed by atoms with Crippen molar-refractivity contribution >= 4 is 21.5 Å². The zero-order valence-corrected chi connectivity index (χ0v) is 23.8. The topological polar surface area (TPSA) is 9.23 Å². The Morgan fingerprint density at radius 1 is 0.429 bits per heavy atom. The predicted octanol–water partition coefficient (Wildman–Crippen LogP) is 11.4. The van der Waals surface area contributed by atoms with E-state index in [4.69, 9.17) is 4.74 Å². The summed E-state index contributed by atoms with van der Waals surface area (Å²) in [5.41, 5.74) is 9.62. The van der Waals surface area contributed by atoms with E-state index in [0.717, 1.165) is 17.1 Å². The zero-order chi connectivity index (χ0) is 28.3.